The lowest BCUT2D eigenvalue weighted by Gasteiger charge is -2.22. The van der Waals surface area contributed by atoms with E-state index in [0.29, 0.717) is 11.6 Å². The van der Waals surface area contributed by atoms with E-state index in [0.717, 1.165) is 41.8 Å². The fraction of sp³-hybridized carbons (Fsp3) is 0.286. The highest BCUT2D eigenvalue weighted by Crippen LogP contribution is 2.29. The second kappa shape index (κ2) is 8.92. The first kappa shape index (κ1) is 19.8. The van der Waals surface area contributed by atoms with Crippen LogP contribution in [-0.4, -0.2) is 21.2 Å². The molecule has 0 radical (unpaired) electrons. The Balaban J connectivity index is 1.53. The van der Waals surface area contributed by atoms with Gasteiger partial charge in [0, 0.05) is 16.1 Å². The maximum atomic E-state index is 13.7. The quantitative estimate of drug-likeness (QED) is 0.473. The zero-order chi connectivity index (χ0) is 20.2. The van der Waals surface area contributed by atoms with Crippen molar-refractivity contribution in [3.63, 3.8) is 0 Å². The van der Waals surface area contributed by atoms with Gasteiger partial charge in [-0.1, -0.05) is 30.0 Å². The van der Waals surface area contributed by atoms with Gasteiger partial charge in [-0.05, 0) is 49.3 Å². The Kier molecular flexibility index (Phi) is 6.10. The Bertz CT molecular complexity index is 1080. The summed E-state index contributed by atoms with van der Waals surface area (Å²) in [7, 11) is 0. The summed E-state index contributed by atoms with van der Waals surface area (Å²) < 4.78 is 15.5. The standard InChI is InChI=1S/C21H20FN3O2S2/c22-16-8-2-3-9-17(16)23-19(26)13-29-20-15-7-1-4-10-18(15)25(21(27)24-20)12-14-6-5-11-28-14/h2-3,5-6,8-9,11H,1,4,7,10,12-13H2,(H,23,26). The van der Waals surface area contributed by atoms with E-state index in [-0.39, 0.29) is 23.0 Å². The predicted octanol–water partition coefficient (Wildman–Crippen LogP) is 4.10. The molecule has 0 spiro atoms. The smallest absolute Gasteiger partial charge is 0.323 e. The van der Waals surface area contributed by atoms with E-state index in [2.05, 4.69) is 10.3 Å². The van der Waals surface area contributed by atoms with E-state index < -0.39 is 5.82 Å². The lowest BCUT2D eigenvalue weighted by molar-refractivity contribution is -0.113. The molecule has 0 fully saturated rings. The number of anilines is 1. The van der Waals surface area contributed by atoms with Gasteiger partial charge in [0.1, 0.15) is 10.8 Å². The molecule has 29 heavy (non-hydrogen) atoms. The summed E-state index contributed by atoms with van der Waals surface area (Å²) in [6.45, 7) is 0.532. The zero-order valence-corrected chi connectivity index (χ0v) is 17.3. The normalized spacial score (nSPS) is 13.1. The van der Waals surface area contributed by atoms with Crippen LogP contribution in [0, 0.1) is 5.82 Å². The number of carbonyl (C=O) groups is 1. The molecule has 2 heterocycles. The zero-order valence-electron chi connectivity index (χ0n) is 15.7. The number of thioether (sulfide) groups is 1. The van der Waals surface area contributed by atoms with Crippen LogP contribution in [-0.2, 0) is 24.2 Å². The molecule has 1 amide bonds. The van der Waals surface area contributed by atoms with Crippen LogP contribution >= 0.6 is 23.1 Å². The van der Waals surface area contributed by atoms with Gasteiger partial charge in [0.2, 0.25) is 5.91 Å². The number of fused-ring (bicyclic) bond motifs is 1. The van der Waals surface area contributed by atoms with Gasteiger partial charge in [0.05, 0.1) is 18.0 Å². The van der Waals surface area contributed by atoms with E-state index >= 15 is 0 Å². The largest absolute Gasteiger partial charge is 0.349 e. The van der Waals surface area contributed by atoms with E-state index in [1.807, 2.05) is 17.5 Å². The lowest BCUT2D eigenvalue weighted by Crippen LogP contribution is -2.30. The predicted molar refractivity (Wildman–Crippen MR) is 114 cm³/mol. The van der Waals surface area contributed by atoms with Crippen molar-refractivity contribution in [3.8, 4) is 0 Å². The first-order chi connectivity index (χ1) is 14.1. The van der Waals surface area contributed by atoms with Gasteiger partial charge < -0.3 is 5.32 Å². The third-order valence-electron chi connectivity index (χ3n) is 4.83. The van der Waals surface area contributed by atoms with Crippen molar-refractivity contribution in [1.82, 2.24) is 9.55 Å². The number of benzene rings is 1. The second-order valence-electron chi connectivity index (χ2n) is 6.81. The van der Waals surface area contributed by atoms with Crippen LogP contribution in [0.5, 0.6) is 0 Å². The molecule has 0 bridgehead atoms. The van der Waals surface area contributed by atoms with Gasteiger partial charge in [-0.2, -0.15) is 4.98 Å². The van der Waals surface area contributed by atoms with Crippen molar-refractivity contribution < 1.29 is 9.18 Å². The Morgan fingerprint density at radius 2 is 2.03 bits per heavy atom. The third-order valence-corrected chi connectivity index (χ3v) is 6.71. The van der Waals surface area contributed by atoms with Crippen molar-refractivity contribution in [3.05, 3.63) is 74.2 Å². The number of nitrogens with zero attached hydrogens (tertiary/aromatic N) is 2. The molecular formula is C21H20FN3O2S2. The van der Waals surface area contributed by atoms with Gasteiger partial charge >= 0.3 is 5.69 Å². The fourth-order valence-electron chi connectivity index (χ4n) is 3.47. The Hall–Kier alpha value is -2.45. The number of hydrogen-bond acceptors (Lipinski definition) is 5. The first-order valence-electron chi connectivity index (χ1n) is 9.44. The topological polar surface area (TPSA) is 64.0 Å². The maximum absolute atomic E-state index is 13.7. The summed E-state index contributed by atoms with van der Waals surface area (Å²) in [6, 6.07) is 10.0. The Labute approximate surface area is 176 Å². The minimum atomic E-state index is -0.475. The molecule has 8 heteroatoms. The minimum absolute atomic E-state index is 0.0716. The molecule has 0 atom stereocenters. The first-order valence-corrected chi connectivity index (χ1v) is 11.3. The average molecular weight is 430 g/mol. The molecule has 5 nitrogen and oxygen atoms in total. The van der Waals surface area contributed by atoms with Crippen LogP contribution in [0.2, 0.25) is 0 Å². The van der Waals surface area contributed by atoms with Gasteiger partial charge in [-0.25, -0.2) is 9.18 Å². The van der Waals surface area contributed by atoms with Gasteiger partial charge in [0.15, 0.2) is 0 Å². The molecule has 3 aromatic rings. The Morgan fingerprint density at radius 3 is 2.83 bits per heavy atom. The van der Waals surface area contributed by atoms with Crippen molar-refractivity contribution >= 4 is 34.7 Å². The van der Waals surface area contributed by atoms with Gasteiger partial charge in [-0.3, -0.25) is 9.36 Å². The minimum Gasteiger partial charge on any atom is -0.323 e. The SMILES string of the molecule is O=C(CSc1nc(=O)n(Cc2cccs2)c2c1CCCC2)Nc1ccccc1F. The van der Waals surface area contributed by atoms with Crippen LogP contribution in [0.25, 0.3) is 0 Å². The summed E-state index contributed by atoms with van der Waals surface area (Å²) >= 11 is 2.86. The van der Waals surface area contributed by atoms with Crippen LogP contribution in [0.15, 0.2) is 51.6 Å². The highest BCUT2D eigenvalue weighted by Gasteiger charge is 2.21. The summed E-state index contributed by atoms with van der Waals surface area (Å²) in [5, 5.41) is 5.19. The molecule has 4 rings (SSSR count). The number of aromatic nitrogens is 2. The van der Waals surface area contributed by atoms with Crippen LogP contribution < -0.4 is 11.0 Å². The molecule has 0 saturated carbocycles. The van der Waals surface area contributed by atoms with Gasteiger partial charge in [-0.15, -0.1) is 11.3 Å². The number of amides is 1. The molecule has 1 aromatic carbocycles. The van der Waals surface area contributed by atoms with E-state index in [1.165, 1.54) is 23.9 Å². The summed E-state index contributed by atoms with van der Waals surface area (Å²) in [6.07, 6.45) is 3.78. The number of para-hydroxylation sites is 1. The molecule has 0 aliphatic heterocycles. The van der Waals surface area contributed by atoms with Gasteiger partial charge in [0.25, 0.3) is 0 Å². The number of rotatable bonds is 6. The molecule has 1 aliphatic carbocycles. The maximum Gasteiger partial charge on any atom is 0.349 e. The number of nitrogens with one attached hydrogen (secondary N) is 1. The Morgan fingerprint density at radius 1 is 1.21 bits per heavy atom. The van der Waals surface area contributed by atoms with E-state index in [4.69, 9.17) is 0 Å². The summed E-state index contributed by atoms with van der Waals surface area (Å²) in [5.41, 5.74) is 1.97. The van der Waals surface area contributed by atoms with Crippen molar-refractivity contribution in [2.75, 3.05) is 11.1 Å². The molecule has 2 aromatic heterocycles. The van der Waals surface area contributed by atoms with E-state index in [9.17, 15) is 14.0 Å². The molecule has 150 valence electrons. The van der Waals surface area contributed by atoms with Crippen LogP contribution in [0.1, 0.15) is 29.0 Å². The van der Waals surface area contributed by atoms with Crippen molar-refractivity contribution in [1.29, 1.82) is 0 Å². The average Bonchev–Trinajstić information content (AvgIpc) is 3.24. The number of halogens is 1. The van der Waals surface area contributed by atoms with Crippen molar-refractivity contribution in [2.45, 2.75) is 37.3 Å². The van der Waals surface area contributed by atoms with Crippen LogP contribution in [0.4, 0.5) is 10.1 Å². The van der Waals surface area contributed by atoms with Crippen molar-refractivity contribution in [2.24, 2.45) is 0 Å². The summed E-state index contributed by atoms with van der Waals surface area (Å²) in [5.74, 6) is -0.728. The third kappa shape index (κ3) is 4.59. The molecule has 0 unspecified atom stereocenters. The molecule has 1 aliphatic rings. The lowest BCUT2D eigenvalue weighted by atomic mass is 9.97. The summed E-state index contributed by atoms with van der Waals surface area (Å²) in [4.78, 5) is 30.4. The number of hydrogen-bond donors (Lipinski definition) is 1. The number of carbonyl (C=O) groups excluding carboxylic acids is 1. The highest BCUT2D eigenvalue weighted by molar-refractivity contribution is 8.00. The molecule has 1 N–H and O–H groups in total. The molecular weight excluding hydrogens is 409 g/mol. The van der Waals surface area contributed by atoms with E-state index in [1.54, 1.807) is 28.0 Å². The molecule has 0 saturated heterocycles. The second-order valence-corrected chi connectivity index (χ2v) is 8.81. The number of thiophene rings is 1. The highest BCUT2D eigenvalue weighted by atomic mass is 32.2. The fourth-order valence-corrected chi connectivity index (χ4v) is 5.04. The monoisotopic (exact) mass is 429 g/mol. The van der Waals surface area contributed by atoms with Crippen LogP contribution in [0.3, 0.4) is 0 Å².